The number of hydrogen-bond acceptors (Lipinski definition) is 4. The second-order valence-corrected chi connectivity index (χ2v) is 11.2. The summed E-state index contributed by atoms with van der Waals surface area (Å²) >= 11 is 0. The molecule has 1 aromatic rings. The van der Waals surface area contributed by atoms with Crippen LogP contribution < -0.4 is 0 Å². The Balaban J connectivity index is 0.00000675. The molecular weight excluding hydrogens is 568 g/mol. The molecule has 6 nitrogen and oxygen atoms in total. The minimum Gasteiger partial charge on any atom is -0.469 e. The minimum atomic E-state index is -1.20. The Kier molecular flexibility index (Phi) is 16.3. The molecule has 2 atom stereocenters. The van der Waals surface area contributed by atoms with E-state index < -0.39 is 5.60 Å². The molecule has 0 saturated carbocycles. The Morgan fingerprint density at radius 2 is 1.50 bits per heavy atom. The predicted octanol–water partition coefficient (Wildman–Crippen LogP) is 7.48. The average Bonchev–Trinajstić information content (AvgIpc) is 3.64. The molecule has 1 unspecified atom stereocenters. The third-order valence-electron chi connectivity index (χ3n) is 7.89. The highest BCUT2D eigenvalue weighted by molar-refractivity contribution is 7.59. The molecule has 2 aliphatic heterocycles. The Bertz CT molecular complexity index is 1250. The number of carbonyl (C=O) groups excluding carboxylic acids is 3. The Labute approximate surface area is 271 Å². The number of nitrogens with zero attached hydrogens (tertiary/aromatic N) is 2. The molecule has 238 valence electrons. The third-order valence-corrected chi connectivity index (χ3v) is 7.89. The van der Waals surface area contributed by atoms with Crippen LogP contribution in [-0.4, -0.2) is 53.6 Å². The van der Waals surface area contributed by atoms with Crippen molar-refractivity contribution < 1.29 is 19.1 Å². The first-order valence-corrected chi connectivity index (χ1v) is 15.7. The summed E-state index contributed by atoms with van der Waals surface area (Å²) in [6, 6.07) is 9.10. The van der Waals surface area contributed by atoms with Gasteiger partial charge in [0.25, 0.3) is 5.91 Å². The SMILES string of the molecule is CC/C=C\C/C=C\C/C=C\C/C=C\C/C=C\CCCC(=O)N1CC[C@H](N(C)C(=O)C2=CC(=O)C(C)(c3ccccc3)O2)C1.S. The monoisotopic (exact) mass is 618 g/mol. The maximum absolute atomic E-state index is 13.2. The van der Waals surface area contributed by atoms with Crippen LogP contribution in [0.1, 0.15) is 77.2 Å². The molecule has 2 aliphatic rings. The molecular formula is C37H50N2O4S. The lowest BCUT2D eigenvalue weighted by Gasteiger charge is -2.28. The van der Waals surface area contributed by atoms with Gasteiger partial charge in [-0.3, -0.25) is 14.4 Å². The molecule has 2 heterocycles. The van der Waals surface area contributed by atoms with E-state index in [-0.39, 0.29) is 42.9 Å². The molecule has 0 aromatic heterocycles. The maximum atomic E-state index is 13.2. The van der Waals surface area contributed by atoms with E-state index in [0.717, 1.165) is 44.9 Å². The minimum absolute atomic E-state index is 0. The highest BCUT2D eigenvalue weighted by Crippen LogP contribution is 2.35. The number of unbranched alkanes of at least 4 members (excludes halogenated alkanes) is 1. The Morgan fingerprint density at radius 3 is 2.09 bits per heavy atom. The molecule has 1 saturated heterocycles. The molecule has 0 N–H and O–H groups in total. The normalized spacial score (nSPS) is 20.3. The molecule has 44 heavy (non-hydrogen) atoms. The summed E-state index contributed by atoms with van der Waals surface area (Å²) in [5.74, 6) is -0.392. The van der Waals surface area contributed by atoms with Crippen molar-refractivity contribution >= 4 is 31.1 Å². The third kappa shape index (κ3) is 11.2. The largest absolute Gasteiger partial charge is 0.469 e. The summed E-state index contributed by atoms with van der Waals surface area (Å²) in [7, 11) is 1.72. The van der Waals surface area contributed by atoms with Crippen LogP contribution in [0.5, 0.6) is 0 Å². The zero-order chi connectivity index (χ0) is 30.9. The van der Waals surface area contributed by atoms with Crippen molar-refractivity contribution in [2.24, 2.45) is 0 Å². The number of likely N-dealkylation sites (tertiary alicyclic amines) is 1. The molecule has 2 amide bonds. The highest BCUT2D eigenvalue weighted by atomic mass is 32.1. The average molecular weight is 619 g/mol. The van der Waals surface area contributed by atoms with E-state index >= 15 is 0 Å². The van der Waals surface area contributed by atoms with Crippen LogP contribution in [0.2, 0.25) is 0 Å². The van der Waals surface area contributed by atoms with Gasteiger partial charge in [0.1, 0.15) is 0 Å². The molecule has 3 rings (SSSR count). The zero-order valence-corrected chi connectivity index (χ0v) is 27.6. The van der Waals surface area contributed by atoms with Crippen LogP contribution in [0, 0.1) is 0 Å². The molecule has 0 bridgehead atoms. The van der Waals surface area contributed by atoms with Gasteiger partial charge in [0.05, 0.1) is 6.04 Å². The first kappa shape index (κ1) is 36.6. The van der Waals surface area contributed by atoms with Crippen LogP contribution in [0.4, 0.5) is 0 Å². The summed E-state index contributed by atoms with van der Waals surface area (Å²) in [6.07, 6.45) is 30.9. The highest BCUT2D eigenvalue weighted by Gasteiger charge is 2.45. The van der Waals surface area contributed by atoms with Crippen molar-refractivity contribution in [1.82, 2.24) is 9.80 Å². The van der Waals surface area contributed by atoms with Crippen LogP contribution >= 0.6 is 13.5 Å². The van der Waals surface area contributed by atoms with Crippen molar-refractivity contribution in [2.45, 2.75) is 83.3 Å². The van der Waals surface area contributed by atoms with Crippen molar-refractivity contribution in [2.75, 3.05) is 20.1 Å². The Hall–Kier alpha value is -3.58. The van der Waals surface area contributed by atoms with Crippen LogP contribution in [-0.2, 0) is 24.7 Å². The van der Waals surface area contributed by atoms with Gasteiger partial charge in [-0.25, -0.2) is 0 Å². The number of likely N-dealkylation sites (N-methyl/N-ethyl adjacent to an activating group) is 1. The topological polar surface area (TPSA) is 66.9 Å². The van der Waals surface area contributed by atoms with E-state index in [2.05, 4.69) is 67.7 Å². The summed E-state index contributed by atoms with van der Waals surface area (Å²) < 4.78 is 5.93. The van der Waals surface area contributed by atoms with Gasteiger partial charge in [-0.15, -0.1) is 0 Å². The van der Waals surface area contributed by atoms with Crippen molar-refractivity contribution in [1.29, 1.82) is 0 Å². The lowest BCUT2D eigenvalue weighted by molar-refractivity contribution is -0.138. The zero-order valence-electron chi connectivity index (χ0n) is 26.6. The lowest BCUT2D eigenvalue weighted by atomic mass is 9.92. The second kappa shape index (κ2) is 19.6. The van der Waals surface area contributed by atoms with E-state index in [4.69, 9.17) is 4.74 Å². The molecule has 1 aromatic carbocycles. The molecule has 7 heteroatoms. The maximum Gasteiger partial charge on any atom is 0.289 e. The van der Waals surface area contributed by atoms with Gasteiger partial charge < -0.3 is 14.5 Å². The second-order valence-electron chi connectivity index (χ2n) is 11.2. The van der Waals surface area contributed by atoms with Crippen LogP contribution in [0.15, 0.2) is 103 Å². The lowest BCUT2D eigenvalue weighted by Crippen LogP contribution is -2.41. The number of carbonyl (C=O) groups is 3. The van der Waals surface area contributed by atoms with E-state index in [0.29, 0.717) is 31.5 Å². The van der Waals surface area contributed by atoms with Gasteiger partial charge in [-0.1, -0.05) is 98.0 Å². The first-order chi connectivity index (χ1) is 20.9. The Morgan fingerprint density at radius 1 is 0.932 bits per heavy atom. The molecule has 0 radical (unpaired) electrons. The predicted molar refractivity (Wildman–Crippen MR) is 184 cm³/mol. The van der Waals surface area contributed by atoms with Crippen LogP contribution in [0.3, 0.4) is 0 Å². The van der Waals surface area contributed by atoms with E-state index in [1.807, 2.05) is 35.2 Å². The fourth-order valence-electron chi connectivity index (χ4n) is 5.14. The van der Waals surface area contributed by atoms with Gasteiger partial charge in [0.2, 0.25) is 11.7 Å². The standard InChI is InChI=1S/C37H48N2O4.H2S/c1-4-5-6-7-8-9-10-11-12-13-14-15-16-17-18-19-23-26-35(41)39-28-27-32(30-39)38(3)36(42)33-29-34(40)37(2,43-33)31-24-21-20-22-25-31;/h5-6,8-9,11-12,14-15,17-18,20-22,24-25,29,32H,4,7,10,13,16,19,23,26-28,30H2,1-3H3;1H2/b6-5-,9-8-,12-11-,15-14-,18-17-;/t32-,37?;/m0./s1. The molecule has 0 spiro atoms. The number of rotatable bonds is 16. The van der Waals surface area contributed by atoms with Crippen LogP contribution in [0.25, 0.3) is 0 Å². The number of hydrogen-bond donors (Lipinski definition) is 0. The number of amides is 2. The number of ketones is 1. The van der Waals surface area contributed by atoms with Gasteiger partial charge >= 0.3 is 0 Å². The number of ether oxygens (including phenoxy) is 1. The van der Waals surface area contributed by atoms with Gasteiger partial charge in [-0.2, -0.15) is 13.5 Å². The molecule has 1 fully saturated rings. The summed E-state index contributed by atoms with van der Waals surface area (Å²) in [5, 5.41) is 0. The first-order valence-electron chi connectivity index (χ1n) is 15.7. The van der Waals surface area contributed by atoms with Crippen molar-refractivity contribution in [3.63, 3.8) is 0 Å². The summed E-state index contributed by atoms with van der Waals surface area (Å²) in [6.45, 7) is 4.97. The van der Waals surface area contributed by atoms with Gasteiger partial charge in [0, 0.05) is 38.2 Å². The fourth-order valence-corrected chi connectivity index (χ4v) is 5.14. The van der Waals surface area contributed by atoms with E-state index in [9.17, 15) is 14.4 Å². The summed E-state index contributed by atoms with van der Waals surface area (Å²) in [4.78, 5) is 42.2. The van der Waals surface area contributed by atoms with Crippen molar-refractivity contribution in [3.05, 3.63) is 108 Å². The molecule has 0 aliphatic carbocycles. The number of benzene rings is 1. The van der Waals surface area contributed by atoms with E-state index in [1.165, 1.54) is 6.08 Å². The smallest absolute Gasteiger partial charge is 0.289 e. The quantitative estimate of drug-likeness (QED) is 0.142. The van der Waals surface area contributed by atoms with Crippen molar-refractivity contribution in [3.8, 4) is 0 Å². The fraction of sp³-hybridized carbons (Fsp3) is 0.432. The van der Waals surface area contributed by atoms with Gasteiger partial charge in [-0.05, 0) is 58.3 Å². The summed E-state index contributed by atoms with van der Waals surface area (Å²) in [5.41, 5.74) is -0.486. The number of allylic oxidation sites excluding steroid dienone is 10. The van der Waals surface area contributed by atoms with E-state index in [1.54, 1.807) is 18.9 Å². The van der Waals surface area contributed by atoms with Gasteiger partial charge in [0.15, 0.2) is 11.4 Å².